The van der Waals surface area contributed by atoms with Crippen molar-refractivity contribution in [2.45, 2.75) is 57.9 Å². The predicted octanol–water partition coefficient (Wildman–Crippen LogP) is 2.76. The molecule has 3 atom stereocenters. The van der Waals surface area contributed by atoms with Crippen LogP contribution < -0.4 is 10.2 Å². The van der Waals surface area contributed by atoms with Crippen molar-refractivity contribution in [3.8, 4) is 0 Å². The minimum absolute atomic E-state index is 0.0715. The number of carbonyl (C=O) groups is 2. The van der Waals surface area contributed by atoms with E-state index in [4.69, 9.17) is 4.98 Å². The van der Waals surface area contributed by atoms with Crippen molar-refractivity contribution in [1.82, 2.24) is 15.2 Å². The Labute approximate surface area is 176 Å². The highest BCUT2D eigenvalue weighted by Crippen LogP contribution is 2.30. The number of hydrogen-bond acceptors (Lipinski definition) is 4. The van der Waals surface area contributed by atoms with Crippen LogP contribution in [-0.4, -0.2) is 47.1 Å². The summed E-state index contributed by atoms with van der Waals surface area (Å²) in [6.45, 7) is 8.50. The second-order valence-corrected chi connectivity index (χ2v) is 10.2. The molecule has 0 spiro atoms. The van der Waals surface area contributed by atoms with Gasteiger partial charge in [0, 0.05) is 0 Å². The summed E-state index contributed by atoms with van der Waals surface area (Å²) in [4.78, 5) is 33.1. The Morgan fingerprint density at radius 2 is 2.14 bits per heavy atom. The standard InChI is InChI=1S/C22H30N4O2S/c1-15(2)10-11-22(3)20(27)26(21(28)24-22)14-25-12-6-7-16(13-25)19-23-17-8-4-5-9-18(17)29-19/h4-5,8-9,15-16H,6-7,10-14H2,1-3H3,(H,24,28)/p+1/t16-,22-/m0/s1. The zero-order valence-corrected chi connectivity index (χ0v) is 18.3. The lowest BCUT2D eigenvalue weighted by Gasteiger charge is -2.31. The van der Waals surface area contributed by atoms with Crippen LogP contribution in [0.5, 0.6) is 0 Å². The van der Waals surface area contributed by atoms with Gasteiger partial charge in [0.25, 0.3) is 5.91 Å². The van der Waals surface area contributed by atoms with Gasteiger partial charge in [-0.2, -0.15) is 0 Å². The van der Waals surface area contributed by atoms with Crippen LogP contribution in [0.4, 0.5) is 4.79 Å². The molecule has 6 nitrogen and oxygen atoms in total. The van der Waals surface area contributed by atoms with Crippen molar-refractivity contribution in [1.29, 1.82) is 0 Å². The normalized spacial score (nSPS) is 27.8. The van der Waals surface area contributed by atoms with Crippen LogP contribution >= 0.6 is 11.3 Å². The molecule has 4 rings (SSSR count). The fraction of sp³-hybridized carbons (Fsp3) is 0.591. The summed E-state index contributed by atoms with van der Waals surface area (Å²) in [6.07, 6.45) is 3.82. The molecule has 0 bridgehead atoms. The molecule has 2 aliphatic heterocycles. The maximum Gasteiger partial charge on any atom is 0.329 e. The molecular formula is C22H31N4O2S+. The van der Waals surface area contributed by atoms with Gasteiger partial charge in [0.1, 0.15) is 10.5 Å². The molecule has 156 valence electrons. The first-order valence-corrected chi connectivity index (χ1v) is 11.5. The van der Waals surface area contributed by atoms with Crippen LogP contribution in [0.2, 0.25) is 0 Å². The first-order valence-electron chi connectivity index (χ1n) is 10.7. The number of quaternary nitrogens is 1. The number of hydrogen-bond donors (Lipinski definition) is 2. The zero-order chi connectivity index (χ0) is 20.6. The number of likely N-dealkylation sites (tertiary alicyclic amines) is 1. The van der Waals surface area contributed by atoms with Gasteiger partial charge in [0.05, 0.1) is 29.2 Å². The highest BCUT2D eigenvalue weighted by molar-refractivity contribution is 7.18. The van der Waals surface area contributed by atoms with Crippen LogP contribution in [0, 0.1) is 5.92 Å². The van der Waals surface area contributed by atoms with E-state index < -0.39 is 5.54 Å². The van der Waals surface area contributed by atoms with Crippen LogP contribution in [0.3, 0.4) is 0 Å². The van der Waals surface area contributed by atoms with E-state index in [0.717, 1.165) is 37.9 Å². The lowest BCUT2D eigenvalue weighted by atomic mass is 9.92. The lowest BCUT2D eigenvalue weighted by Crippen LogP contribution is -3.15. The highest BCUT2D eigenvalue weighted by Gasteiger charge is 2.49. The molecule has 1 unspecified atom stereocenters. The molecule has 2 saturated heterocycles. The number of nitrogens with zero attached hydrogens (tertiary/aromatic N) is 2. The average molecular weight is 416 g/mol. The monoisotopic (exact) mass is 415 g/mol. The summed E-state index contributed by atoms with van der Waals surface area (Å²) in [5, 5.41) is 4.13. The van der Waals surface area contributed by atoms with Gasteiger partial charge in [-0.15, -0.1) is 11.3 Å². The number of carbonyl (C=O) groups excluding carboxylic acids is 2. The van der Waals surface area contributed by atoms with Gasteiger partial charge >= 0.3 is 6.03 Å². The third-order valence-corrected chi connectivity index (χ3v) is 7.43. The van der Waals surface area contributed by atoms with E-state index in [1.54, 1.807) is 11.3 Å². The number of imide groups is 1. The van der Waals surface area contributed by atoms with Gasteiger partial charge in [0.15, 0.2) is 6.67 Å². The number of nitrogens with one attached hydrogen (secondary N) is 2. The SMILES string of the molecule is CC(C)CC[C@]1(C)NC(=O)N(C[NH+]2CCC[C@H](c3nc4ccccc4s3)C2)C1=O. The molecular weight excluding hydrogens is 384 g/mol. The van der Waals surface area contributed by atoms with E-state index in [9.17, 15) is 9.59 Å². The molecule has 1 aromatic heterocycles. The molecule has 3 heterocycles. The average Bonchev–Trinajstić information content (AvgIpc) is 3.22. The minimum atomic E-state index is -0.761. The number of rotatable bonds is 6. The second kappa shape index (κ2) is 8.03. The summed E-state index contributed by atoms with van der Waals surface area (Å²) >= 11 is 1.77. The molecule has 2 aliphatic rings. The first kappa shape index (κ1) is 20.3. The molecule has 2 N–H and O–H groups in total. The number of fused-ring (bicyclic) bond motifs is 1. The van der Waals surface area contributed by atoms with Crippen molar-refractivity contribution < 1.29 is 14.5 Å². The van der Waals surface area contributed by atoms with Crippen molar-refractivity contribution in [3.63, 3.8) is 0 Å². The predicted molar refractivity (Wildman–Crippen MR) is 115 cm³/mol. The number of amides is 3. The lowest BCUT2D eigenvalue weighted by molar-refractivity contribution is -0.913. The molecule has 3 amide bonds. The second-order valence-electron chi connectivity index (χ2n) is 9.15. The molecule has 2 aromatic rings. The Hall–Kier alpha value is -1.99. The molecule has 0 aliphatic carbocycles. The zero-order valence-electron chi connectivity index (χ0n) is 17.5. The van der Waals surface area contributed by atoms with Crippen molar-refractivity contribution >= 4 is 33.5 Å². The Kier molecular flexibility index (Phi) is 5.62. The third-order valence-electron chi connectivity index (χ3n) is 6.23. The topological polar surface area (TPSA) is 66.7 Å². The maximum absolute atomic E-state index is 13.0. The summed E-state index contributed by atoms with van der Waals surface area (Å²) in [6, 6.07) is 8.02. The Morgan fingerprint density at radius 1 is 1.34 bits per heavy atom. The van der Waals surface area contributed by atoms with E-state index >= 15 is 0 Å². The third kappa shape index (κ3) is 4.16. The van der Waals surface area contributed by atoms with Crippen LogP contribution in [0.15, 0.2) is 24.3 Å². The number of piperidine rings is 1. The summed E-state index contributed by atoms with van der Waals surface area (Å²) in [5.41, 5.74) is 0.304. The number of para-hydroxylation sites is 1. The summed E-state index contributed by atoms with van der Waals surface area (Å²) < 4.78 is 1.23. The van der Waals surface area contributed by atoms with Gasteiger partial charge in [-0.1, -0.05) is 26.0 Å². The van der Waals surface area contributed by atoms with E-state index in [0.29, 0.717) is 24.9 Å². The number of benzene rings is 1. The summed E-state index contributed by atoms with van der Waals surface area (Å²) in [7, 11) is 0. The maximum atomic E-state index is 13.0. The molecule has 0 saturated carbocycles. The quantitative estimate of drug-likeness (QED) is 0.713. The smallest absolute Gasteiger partial charge is 0.323 e. The van der Waals surface area contributed by atoms with Crippen LogP contribution in [0.25, 0.3) is 10.2 Å². The Morgan fingerprint density at radius 3 is 2.90 bits per heavy atom. The molecule has 29 heavy (non-hydrogen) atoms. The number of aromatic nitrogens is 1. The van der Waals surface area contributed by atoms with Gasteiger partial charge in [0.2, 0.25) is 0 Å². The van der Waals surface area contributed by atoms with Gasteiger partial charge in [-0.25, -0.2) is 14.7 Å². The van der Waals surface area contributed by atoms with Crippen molar-refractivity contribution in [2.24, 2.45) is 5.92 Å². The van der Waals surface area contributed by atoms with Crippen LogP contribution in [-0.2, 0) is 4.79 Å². The largest absolute Gasteiger partial charge is 0.329 e. The molecule has 2 fully saturated rings. The molecule has 0 radical (unpaired) electrons. The van der Waals surface area contributed by atoms with E-state index in [1.165, 1.54) is 19.5 Å². The summed E-state index contributed by atoms with van der Waals surface area (Å²) in [5.74, 6) is 0.829. The van der Waals surface area contributed by atoms with Gasteiger partial charge in [-0.3, -0.25) is 4.79 Å². The Balaban J connectivity index is 1.42. The molecule has 1 aromatic carbocycles. The van der Waals surface area contributed by atoms with E-state index in [-0.39, 0.29) is 11.9 Å². The highest BCUT2D eigenvalue weighted by atomic mass is 32.1. The van der Waals surface area contributed by atoms with Crippen LogP contribution in [0.1, 0.15) is 57.4 Å². The van der Waals surface area contributed by atoms with Gasteiger partial charge in [-0.05, 0) is 50.7 Å². The van der Waals surface area contributed by atoms with E-state index in [1.807, 2.05) is 13.0 Å². The first-order chi connectivity index (χ1) is 13.9. The fourth-order valence-corrected chi connectivity index (χ4v) is 5.53. The Bertz CT molecular complexity index is 878. The van der Waals surface area contributed by atoms with Crippen molar-refractivity contribution in [2.75, 3.05) is 19.8 Å². The van der Waals surface area contributed by atoms with Gasteiger partial charge < -0.3 is 10.2 Å². The fourth-order valence-electron chi connectivity index (χ4n) is 4.43. The van der Waals surface area contributed by atoms with E-state index in [2.05, 4.69) is 37.4 Å². The molecule has 7 heteroatoms. The minimum Gasteiger partial charge on any atom is -0.323 e. The van der Waals surface area contributed by atoms with Crippen molar-refractivity contribution in [3.05, 3.63) is 29.3 Å². The number of thiazole rings is 1. The number of urea groups is 1.